The van der Waals surface area contributed by atoms with Crippen LogP contribution in [0.3, 0.4) is 0 Å². The maximum absolute atomic E-state index is 12.3. The van der Waals surface area contributed by atoms with E-state index in [-0.39, 0.29) is 22.7 Å². The molecule has 2 rings (SSSR count). The summed E-state index contributed by atoms with van der Waals surface area (Å²) in [5, 5.41) is 3.99. The lowest BCUT2D eigenvalue weighted by molar-refractivity contribution is 0.0989. The van der Waals surface area contributed by atoms with Crippen LogP contribution in [0.1, 0.15) is 78.1 Å². The smallest absolute Gasteiger partial charge is 0.190 e. The van der Waals surface area contributed by atoms with Crippen molar-refractivity contribution >= 4 is 17.8 Å². The topological polar surface area (TPSA) is 74.2 Å². The van der Waals surface area contributed by atoms with Gasteiger partial charge in [-0.2, -0.15) is 0 Å². The van der Waals surface area contributed by atoms with Gasteiger partial charge in [0.05, 0.1) is 31.6 Å². The van der Waals surface area contributed by atoms with Crippen LogP contribution in [0, 0.1) is 0 Å². The lowest BCUT2D eigenvalue weighted by Gasteiger charge is -2.18. The number of fused-ring (bicyclic) bond motifs is 1. The fourth-order valence-electron chi connectivity index (χ4n) is 3.21. The van der Waals surface area contributed by atoms with E-state index in [0.717, 1.165) is 12.8 Å². The predicted octanol–water partition coefficient (Wildman–Crippen LogP) is 4.74. The average molecular weight is 387 g/mol. The monoisotopic (exact) mass is 387 g/mol. The van der Waals surface area contributed by atoms with Gasteiger partial charge in [-0.25, -0.2) is 0 Å². The second-order valence-electron chi connectivity index (χ2n) is 6.70. The SMILES string of the molecule is CCCCCCCCCO/N=C/c1cc(OC)c2c(c1OC)C(=O)C=CC2=O. The van der Waals surface area contributed by atoms with Gasteiger partial charge in [-0.15, -0.1) is 0 Å². The van der Waals surface area contributed by atoms with Gasteiger partial charge >= 0.3 is 0 Å². The van der Waals surface area contributed by atoms with E-state index in [1.54, 1.807) is 6.07 Å². The van der Waals surface area contributed by atoms with Crippen molar-refractivity contribution in [3.05, 3.63) is 34.9 Å². The zero-order valence-electron chi connectivity index (χ0n) is 17.0. The highest BCUT2D eigenvalue weighted by atomic mass is 16.6. The molecule has 0 fully saturated rings. The number of carbonyl (C=O) groups is 2. The van der Waals surface area contributed by atoms with Crippen molar-refractivity contribution in [2.75, 3.05) is 20.8 Å². The van der Waals surface area contributed by atoms with Crippen LogP contribution in [0.2, 0.25) is 0 Å². The Labute approximate surface area is 166 Å². The summed E-state index contributed by atoms with van der Waals surface area (Å²) in [4.78, 5) is 29.9. The van der Waals surface area contributed by atoms with E-state index in [1.165, 1.54) is 64.7 Å². The summed E-state index contributed by atoms with van der Waals surface area (Å²) >= 11 is 0. The van der Waals surface area contributed by atoms with Crippen molar-refractivity contribution in [1.29, 1.82) is 0 Å². The Morgan fingerprint density at radius 3 is 2.18 bits per heavy atom. The number of methoxy groups -OCH3 is 2. The van der Waals surface area contributed by atoms with Crippen LogP contribution in [0.15, 0.2) is 23.4 Å². The number of carbonyl (C=O) groups excluding carboxylic acids is 2. The normalized spacial score (nSPS) is 13.1. The molecule has 6 nitrogen and oxygen atoms in total. The van der Waals surface area contributed by atoms with Crippen LogP contribution in [-0.4, -0.2) is 38.6 Å². The first-order valence-electron chi connectivity index (χ1n) is 9.85. The molecule has 152 valence electrons. The van der Waals surface area contributed by atoms with Gasteiger partial charge in [0.25, 0.3) is 0 Å². The Hall–Kier alpha value is -2.63. The van der Waals surface area contributed by atoms with Crippen LogP contribution in [0.4, 0.5) is 0 Å². The van der Waals surface area contributed by atoms with Gasteiger partial charge in [-0.3, -0.25) is 9.59 Å². The van der Waals surface area contributed by atoms with Gasteiger partial charge in [-0.05, 0) is 31.1 Å². The lowest BCUT2D eigenvalue weighted by Crippen LogP contribution is -2.16. The van der Waals surface area contributed by atoms with Crippen LogP contribution in [0.5, 0.6) is 11.5 Å². The minimum Gasteiger partial charge on any atom is -0.496 e. The molecule has 0 spiro atoms. The number of rotatable bonds is 12. The minimum absolute atomic E-state index is 0.197. The second-order valence-corrected chi connectivity index (χ2v) is 6.70. The molecule has 0 N–H and O–H groups in total. The molecule has 0 atom stereocenters. The van der Waals surface area contributed by atoms with E-state index >= 15 is 0 Å². The third-order valence-electron chi connectivity index (χ3n) is 4.68. The number of ether oxygens (including phenoxy) is 2. The van der Waals surface area contributed by atoms with Crippen LogP contribution >= 0.6 is 0 Å². The Morgan fingerprint density at radius 2 is 1.54 bits per heavy atom. The molecule has 0 saturated carbocycles. The molecule has 0 saturated heterocycles. The Bertz CT molecular complexity index is 752. The molecule has 1 aliphatic carbocycles. The fourth-order valence-corrected chi connectivity index (χ4v) is 3.21. The quantitative estimate of drug-likeness (QED) is 0.294. The Balaban J connectivity index is 2.00. The Kier molecular flexibility index (Phi) is 8.72. The van der Waals surface area contributed by atoms with Crippen LogP contribution < -0.4 is 9.47 Å². The van der Waals surface area contributed by atoms with E-state index in [4.69, 9.17) is 14.3 Å². The number of hydrogen-bond acceptors (Lipinski definition) is 6. The third kappa shape index (κ3) is 5.44. The van der Waals surface area contributed by atoms with Gasteiger partial charge in [0, 0.05) is 5.56 Å². The molecule has 0 amide bonds. The molecule has 0 heterocycles. The molecule has 0 unspecified atom stereocenters. The maximum atomic E-state index is 12.3. The highest BCUT2D eigenvalue weighted by molar-refractivity contribution is 6.25. The molecular formula is C22H29NO5. The first-order valence-corrected chi connectivity index (χ1v) is 9.85. The largest absolute Gasteiger partial charge is 0.496 e. The van der Waals surface area contributed by atoms with Crippen molar-refractivity contribution < 1.29 is 23.9 Å². The molecule has 0 radical (unpaired) electrons. The average Bonchev–Trinajstić information content (AvgIpc) is 2.71. The van der Waals surface area contributed by atoms with Crippen molar-refractivity contribution in [2.45, 2.75) is 51.9 Å². The molecule has 1 aliphatic rings. The molecule has 1 aromatic rings. The highest BCUT2D eigenvalue weighted by Gasteiger charge is 2.29. The molecular weight excluding hydrogens is 358 g/mol. The zero-order chi connectivity index (χ0) is 20.4. The van der Waals surface area contributed by atoms with Crippen LogP contribution in [-0.2, 0) is 4.84 Å². The van der Waals surface area contributed by atoms with Gasteiger partial charge in [0.15, 0.2) is 11.6 Å². The number of ketones is 2. The summed E-state index contributed by atoms with van der Waals surface area (Å²) in [6, 6.07) is 1.63. The van der Waals surface area contributed by atoms with Gasteiger partial charge in [0.1, 0.15) is 18.1 Å². The number of unbranched alkanes of at least 4 members (excludes halogenated alkanes) is 6. The molecule has 0 aliphatic heterocycles. The standard InChI is InChI=1S/C22H29NO5/c1-4-5-6-7-8-9-10-13-28-23-15-16-14-19(26-2)20-17(24)11-12-18(25)21(20)22(16)27-3/h11-12,14-15H,4-10,13H2,1-3H3/b23-15+. The van der Waals surface area contributed by atoms with E-state index in [2.05, 4.69) is 12.1 Å². The van der Waals surface area contributed by atoms with Crippen molar-refractivity contribution in [2.24, 2.45) is 5.16 Å². The van der Waals surface area contributed by atoms with Crippen molar-refractivity contribution in [1.82, 2.24) is 0 Å². The van der Waals surface area contributed by atoms with Crippen molar-refractivity contribution in [3.8, 4) is 11.5 Å². The number of oxime groups is 1. The number of nitrogens with zero attached hydrogens (tertiary/aromatic N) is 1. The molecule has 28 heavy (non-hydrogen) atoms. The number of allylic oxidation sites excluding steroid dienone is 2. The lowest BCUT2D eigenvalue weighted by atomic mass is 9.91. The summed E-state index contributed by atoms with van der Waals surface area (Å²) in [6.45, 7) is 2.75. The van der Waals surface area contributed by atoms with Gasteiger partial charge in [0.2, 0.25) is 0 Å². The van der Waals surface area contributed by atoms with Crippen molar-refractivity contribution in [3.63, 3.8) is 0 Å². The second kappa shape index (κ2) is 11.3. The van der Waals surface area contributed by atoms with E-state index in [9.17, 15) is 9.59 Å². The summed E-state index contributed by atoms with van der Waals surface area (Å²) < 4.78 is 10.7. The summed E-state index contributed by atoms with van der Waals surface area (Å²) in [7, 11) is 2.91. The first-order chi connectivity index (χ1) is 13.6. The Morgan fingerprint density at radius 1 is 0.893 bits per heavy atom. The molecule has 0 aromatic heterocycles. The van der Waals surface area contributed by atoms with Gasteiger partial charge < -0.3 is 14.3 Å². The van der Waals surface area contributed by atoms with Gasteiger partial charge in [-0.1, -0.05) is 44.2 Å². The first kappa shape index (κ1) is 21.7. The summed E-state index contributed by atoms with van der Waals surface area (Å²) in [5.41, 5.74) is 0.935. The van der Waals surface area contributed by atoms with E-state index in [1.807, 2.05) is 0 Å². The fraction of sp³-hybridized carbons (Fsp3) is 0.500. The van der Waals surface area contributed by atoms with E-state index < -0.39 is 0 Å². The number of benzene rings is 1. The minimum atomic E-state index is -0.302. The summed E-state index contributed by atoms with van der Waals surface area (Å²) in [6.07, 6.45) is 12.4. The zero-order valence-corrected chi connectivity index (χ0v) is 17.0. The molecule has 6 heteroatoms. The highest BCUT2D eigenvalue weighted by Crippen LogP contribution is 2.36. The molecule has 0 bridgehead atoms. The number of hydrogen-bond donors (Lipinski definition) is 0. The summed E-state index contributed by atoms with van der Waals surface area (Å²) in [5.74, 6) is 0.0150. The molecule has 1 aromatic carbocycles. The third-order valence-corrected chi connectivity index (χ3v) is 4.68. The van der Waals surface area contributed by atoms with Crippen LogP contribution in [0.25, 0.3) is 0 Å². The predicted molar refractivity (Wildman–Crippen MR) is 109 cm³/mol. The maximum Gasteiger partial charge on any atom is 0.190 e. The van der Waals surface area contributed by atoms with E-state index in [0.29, 0.717) is 23.7 Å².